The SMILES string of the molecule is CC(=O)N1CCCC[C@H]1C1=CCCN(CCCc2ccccc2)C1. The van der Waals surface area contributed by atoms with Crippen LogP contribution in [0.2, 0.25) is 0 Å². The molecular formula is C21H30N2O. The van der Waals surface area contributed by atoms with Crippen LogP contribution in [0.1, 0.15) is 44.6 Å². The molecule has 3 heteroatoms. The van der Waals surface area contributed by atoms with Gasteiger partial charge in [0.15, 0.2) is 0 Å². The van der Waals surface area contributed by atoms with E-state index in [0.29, 0.717) is 6.04 Å². The van der Waals surface area contributed by atoms with Crippen molar-refractivity contribution >= 4 is 5.91 Å². The van der Waals surface area contributed by atoms with Gasteiger partial charge in [-0.25, -0.2) is 0 Å². The topological polar surface area (TPSA) is 23.6 Å². The third-order valence-electron chi connectivity index (χ3n) is 5.38. The van der Waals surface area contributed by atoms with Gasteiger partial charge in [-0.1, -0.05) is 36.4 Å². The molecule has 1 atom stereocenters. The number of likely N-dealkylation sites (tertiary alicyclic amines) is 1. The summed E-state index contributed by atoms with van der Waals surface area (Å²) in [6, 6.07) is 11.1. The lowest BCUT2D eigenvalue weighted by Crippen LogP contribution is -2.46. The van der Waals surface area contributed by atoms with Crippen LogP contribution in [0.3, 0.4) is 0 Å². The van der Waals surface area contributed by atoms with Crippen LogP contribution in [-0.2, 0) is 11.2 Å². The Balaban J connectivity index is 1.52. The van der Waals surface area contributed by atoms with Crippen molar-refractivity contribution < 1.29 is 4.79 Å². The predicted molar refractivity (Wildman–Crippen MR) is 98.9 cm³/mol. The van der Waals surface area contributed by atoms with Crippen LogP contribution in [0.15, 0.2) is 42.0 Å². The van der Waals surface area contributed by atoms with E-state index in [1.807, 2.05) is 0 Å². The van der Waals surface area contributed by atoms with Crippen molar-refractivity contribution in [3.05, 3.63) is 47.5 Å². The van der Waals surface area contributed by atoms with Crippen LogP contribution >= 0.6 is 0 Å². The van der Waals surface area contributed by atoms with Crippen LogP contribution in [0.25, 0.3) is 0 Å². The van der Waals surface area contributed by atoms with E-state index in [2.05, 4.69) is 46.2 Å². The molecule has 0 bridgehead atoms. The first-order valence-corrected chi connectivity index (χ1v) is 9.46. The van der Waals surface area contributed by atoms with Gasteiger partial charge in [0, 0.05) is 26.6 Å². The zero-order chi connectivity index (χ0) is 16.8. The van der Waals surface area contributed by atoms with E-state index < -0.39 is 0 Å². The van der Waals surface area contributed by atoms with Gasteiger partial charge in [0.1, 0.15) is 0 Å². The highest BCUT2D eigenvalue weighted by Gasteiger charge is 2.29. The Labute approximate surface area is 146 Å². The molecule has 1 aromatic rings. The summed E-state index contributed by atoms with van der Waals surface area (Å²) in [7, 11) is 0. The minimum atomic E-state index is 0.238. The molecule has 0 saturated carbocycles. The lowest BCUT2D eigenvalue weighted by molar-refractivity contribution is -0.131. The van der Waals surface area contributed by atoms with Gasteiger partial charge in [-0.2, -0.15) is 0 Å². The van der Waals surface area contributed by atoms with Crippen LogP contribution in [0, 0.1) is 0 Å². The van der Waals surface area contributed by atoms with Crippen LogP contribution in [0.5, 0.6) is 0 Å². The van der Waals surface area contributed by atoms with E-state index >= 15 is 0 Å². The zero-order valence-electron chi connectivity index (χ0n) is 14.9. The van der Waals surface area contributed by atoms with E-state index in [-0.39, 0.29) is 5.91 Å². The molecule has 2 aliphatic rings. The highest BCUT2D eigenvalue weighted by Crippen LogP contribution is 2.26. The van der Waals surface area contributed by atoms with Crippen molar-refractivity contribution in [1.82, 2.24) is 9.80 Å². The molecule has 1 fully saturated rings. The first-order chi connectivity index (χ1) is 11.7. The van der Waals surface area contributed by atoms with Crippen molar-refractivity contribution in [3.8, 4) is 0 Å². The molecule has 3 rings (SSSR count). The molecule has 1 saturated heterocycles. The number of carbonyl (C=O) groups is 1. The summed E-state index contributed by atoms with van der Waals surface area (Å²) < 4.78 is 0. The summed E-state index contributed by atoms with van der Waals surface area (Å²) in [5, 5.41) is 0. The van der Waals surface area contributed by atoms with Gasteiger partial charge >= 0.3 is 0 Å². The molecular weight excluding hydrogens is 296 g/mol. The fourth-order valence-electron chi connectivity index (χ4n) is 4.11. The number of hydrogen-bond donors (Lipinski definition) is 0. The Bertz CT molecular complexity index is 566. The van der Waals surface area contributed by atoms with Crippen LogP contribution < -0.4 is 0 Å². The number of nitrogens with zero attached hydrogens (tertiary/aromatic N) is 2. The van der Waals surface area contributed by atoms with Crippen molar-refractivity contribution in [2.24, 2.45) is 0 Å². The number of rotatable bonds is 5. The fourth-order valence-corrected chi connectivity index (χ4v) is 4.11. The summed E-state index contributed by atoms with van der Waals surface area (Å²) >= 11 is 0. The lowest BCUT2D eigenvalue weighted by atomic mass is 9.92. The second-order valence-corrected chi connectivity index (χ2v) is 7.16. The molecule has 0 aliphatic carbocycles. The number of benzene rings is 1. The van der Waals surface area contributed by atoms with E-state index in [1.54, 1.807) is 6.92 Å². The molecule has 0 spiro atoms. The quantitative estimate of drug-likeness (QED) is 0.771. The Hall–Kier alpha value is -1.61. The molecule has 3 nitrogen and oxygen atoms in total. The smallest absolute Gasteiger partial charge is 0.219 e. The minimum absolute atomic E-state index is 0.238. The van der Waals surface area contributed by atoms with E-state index in [4.69, 9.17) is 0 Å². The predicted octanol–water partition coefficient (Wildman–Crippen LogP) is 3.65. The Kier molecular flexibility index (Phi) is 6.08. The van der Waals surface area contributed by atoms with E-state index in [1.165, 1.54) is 24.0 Å². The first-order valence-electron chi connectivity index (χ1n) is 9.46. The summed E-state index contributed by atoms with van der Waals surface area (Å²) in [6.45, 7) is 6.01. The number of piperidine rings is 1. The molecule has 0 unspecified atom stereocenters. The number of carbonyl (C=O) groups excluding carboxylic acids is 1. The molecule has 1 amide bonds. The van der Waals surface area contributed by atoms with Gasteiger partial charge in [0.05, 0.1) is 6.04 Å². The molecule has 0 radical (unpaired) electrons. The summed E-state index contributed by atoms with van der Waals surface area (Å²) in [5.41, 5.74) is 2.91. The first kappa shape index (κ1) is 17.2. The van der Waals surface area contributed by atoms with Crippen molar-refractivity contribution in [2.45, 2.75) is 51.5 Å². The van der Waals surface area contributed by atoms with Crippen molar-refractivity contribution in [2.75, 3.05) is 26.2 Å². The van der Waals surface area contributed by atoms with Crippen LogP contribution in [0.4, 0.5) is 0 Å². The number of aryl methyl sites for hydroxylation is 1. The Morgan fingerprint density at radius 2 is 2.00 bits per heavy atom. The number of hydrogen-bond acceptors (Lipinski definition) is 2. The van der Waals surface area contributed by atoms with Gasteiger partial charge in [0.2, 0.25) is 5.91 Å². The van der Waals surface area contributed by atoms with Gasteiger partial charge in [-0.3, -0.25) is 9.69 Å². The standard InChI is InChI=1S/C21H30N2O/c1-18(24)23-16-6-5-13-21(23)20-12-8-15-22(17-20)14-7-11-19-9-3-2-4-10-19/h2-4,9-10,12,21H,5-8,11,13-17H2,1H3/t21-/m0/s1. The molecule has 0 N–H and O–H groups in total. The summed E-state index contributed by atoms with van der Waals surface area (Å²) in [5.74, 6) is 0.238. The highest BCUT2D eigenvalue weighted by molar-refractivity contribution is 5.74. The molecule has 2 heterocycles. The van der Waals surface area contributed by atoms with Crippen molar-refractivity contribution in [1.29, 1.82) is 0 Å². The maximum Gasteiger partial charge on any atom is 0.219 e. The van der Waals surface area contributed by atoms with Gasteiger partial charge in [-0.05, 0) is 56.2 Å². The average Bonchev–Trinajstić information content (AvgIpc) is 2.63. The molecule has 1 aromatic carbocycles. The maximum atomic E-state index is 11.9. The normalized spacial score (nSPS) is 22.3. The van der Waals surface area contributed by atoms with Crippen LogP contribution in [-0.4, -0.2) is 47.9 Å². The lowest BCUT2D eigenvalue weighted by Gasteiger charge is -2.40. The zero-order valence-corrected chi connectivity index (χ0v) is 14.9. The third-order valence-corrected chi connectivity index (χ3v) is 5.38. The van der Waals surface area contributed by atoms with Gasteiger partial charge in [-0.15, -0.1) is 0 Å². The van der Waals surface area contributed by atoms with Gasteiger partial charge in [0.25, 0.3) is 0 Å². The Morgan fingerprint density at radius 3 is 2.79 bits per heavy atom. The van der Waals surface area contributed by atoms with Crippen molar-refractivity contribution in [3.63, 3.8) is 0 Å². The molecule has 0 aromatic heterocycles. The maximum absolute atomic E-state index is 11.9. The second kappa shape index (κ2) is 8.48. The summed E-state index contributed by atoms with van der Waals surface area (Å²) in [4.78, 5) is 16.6. The van der Waals surface area contributed by atoms with E-state index in [9.17, 15) is 4.79 Å². The molecule has 24 heavy (non-hydrogen) atoms. The summed E-state index contributed by atoms with van der Waals surface area (Å²) in [6.07, 6.45) is 9.44. The second-order valence-electron chi connectivity index (χ2n) is 7.16. The third kappa shape index (κ3) is 4.47. The van der Waals surface area contributed by atoms with E-state index in [0.717, 1.165) is 51.9 Å². The largest absolute Gasteiger partial charge is 0.336 e. The monoisotopic (exact) mass is 326 g/mol. The highest BCUT2D eigenvalue weighted by atomic mass is 16.2. The molecule has 2 aliphatic heterocycles. The minimum Gasteiger partial charge on any atom is -0.336 e. The fraction of sp³-hybridized carbons (Fsp3) is 0.571. The van der Waals surface area contributed by atoms with Gasteiger partial charge < -0.3 is 4.90 Å². The number of amides is 1. The Morgan fingerprint density at radius 1 is 1.17 bits per heavy atom. The average molecular weight is 326 g/mol. The molecule has 130 valence electrons.